The van der Waals surface area contributed by atoms with E-state index in [0.29, 0.717) is 37.0 Å². The van der Waals surface area contributed by atoms with Crippen molar-refractivity contribution in [2.45, 2.75) is 77.0 Å². The van der Waals surface area contributed by atoms with E-state index in [9.17, 15) is 9.35 Å². The fraction of sp³-hybridized carbons (Fsp3) is 0.415. The third-order valence-electron chi connectivity index (χ3n) is 8.69. The van der Waals surface area contributed by atoms with Gasteiger partial charge in [0.15, 0.2) is 10.6 Å². The van der Waals surface area contributed by atoms with Gasteiger partial charge in [0.25, 0.3) is 5.91 Å². The topological polar surface area (TPSA) is 91.7 Å². The normalized spacial score (nSPS) is 14.8. The molecule has 0 aliphatic carbocycles. The smallest absolute Gasteiger partial charge is 0.251 e. The van der Waals surface area contributed by atoms with E-state index in [4.69, 9.17) is 9.47 Å². The van der Waals surface area contributed by atoms with Crippen LogP contribution in [0.5, 0.6) is 5.75 Å². The van der Waals surface area contributed by atoms with Gasteiger partial charge in [0, 0.05) is 43.2 Å². The maximum absolute atomic E-state index is 13.7. The van der Waals surface area contributed by atoms with Gasteiger partial charge in [-0.05, 0) is 114 Å². The third-order valence-corrected chi connectivity index (χ3v) is 10.0. The number of carbonyl (C=O) groups excluding carboxylic acids is 1. The van der Waals surface area contributed by atoms with E-state index in [-0.39, 0.29) is 5.91 Å². The number of unbranched alkanes of at least 4 members (excludes halogenated alkanes) is 1. The van der Waals surface area contributed by atoms with E-state index in [1.165, 1.54) is 0 Å². The SMILES string of the molecule is CCCCOCCOc1ccc(-c2ccc3c(c2)/C=C(/C(=O)Nc2ccc([S+]([O-])Cc4cncn4CCC)cc2)CCCN3CC(C)C)cc1. The Kier molecular flexibility index (Phi) is 14.0. The van der Waals surface area contributed by atoms with Gasteiger partial charge in [-0.2, -0.15) is 0 Å². The van der Waals surface area contributed by atoms with Crippen molar-refractivity contribution in [3.63, 3.8) is 0 Å². The fourth-order valence-electron chi connectivity index (χ4n) is 6.13. The Hall–Kier alpha value is -4.05. The minimum absolute atomic E-state index is 0.115. The summed E-state index contributed by atoms with van der Waals surface area (Å²) in [7, 11) is 0. The molecule has 266 valence electrons. The van der Waals surface area contributed by atoms with Gasteiger partial charge in [-0.3, -0.25) is 4.79 Å². The maximum Gasteiger partial charge on any atom is 0.251 e. The Morgan fingerprint density at radius 1 is 0.980 bits per heavy atom. The van der Waals surface area contributed by atoms with E-state index in [2.05, 4.69) is 83.9 Å². The van der Waals surface area contributed by atoms with E-state index in [1.807, 2.05) is 36.4 Å². The minimum Gasteiger partial charge on any atom is -0.611 e. The Labute approximate surface area is 301 Å². The Balaban J connectivity index is 1.30. The average Bonchev–Trinajstić information content (AvgIpc) is 3.54. The van der Waals surface area contributed by atoms with Gasteiger partial charge in [-0.1, -0.05) is 52.3 Å². The van der Waals surface area contributed by atoms with E-state index < -0.39 is 11.2 Å². The molecule has 8 nitrogen and oxygen atoms in total. The van der Waals surface area contributed by atoms with Gasteiger partial charge < -0.3 is 28.8 Å². The number of ether oxygens (including phenoxy) is 2. The van der Waals surface area contributed by atoms with Crippen molar-refractivity contribution >= 4 is 34.5 Å². The molecule has 0 saturated carbocycles. The first-order chi connectivity index (χ1) is 24.3. The predicted molar refractivity (Wildman–Crippen MR) is 205 cm³/mol. The molecule has 1 aromatic heterocycles. The highest BCUT2D eigenvalue weighted by Gasteiger charge is 2.20. The molecule has 0 radical (unpaired) electrons. The molecule has 4 aromatic rings. The second-order valence-electron chi connectivity index (χ2n) is 13.3. The van der Waals surface area contributed by atoms with Gasteiger partial charge >= 0.3 is 0 Å². The molecule has 1 unspecified atom stereocenters. The zero-order valence-corrected chi connectivity index (χ0v) is 30.8. The molecule has 50 heavy (non-hydrogen) atoms. The van der Waals surface area contributed by atoms with Crippen LogP contribution in [-0.2, 0) is 33.0 Å². The molecule has 1 aliphatic rings. The largest absolute Gasteiger partial charge is 0.611 e. The number of amides is 1. The predicted octanol–water partition coefficient (Wildman–Crippen LogP) is 8.74. The summed E-state index contributed by atoms with van der Waals surface area (Å²) in [6.07, 6.45) is 10.4. The van der Waals surface area contributed by atoms with Gasteiger partial charge in [0.1, 0.15) is 12.4 Å². The van der Waals surface area contributed by atoms with Crippen molar-refractivity contribution in [3.05, 3.63) is 96.1 Å². The molecule has 1 aliphatic heterocycles. The number of nitrogens with one attached hydrogen (secondary N) is 1. The molecule has 1 amide bonds. The molecule has 1 atom stereocenters. The molecule has 0 spiro atoms. The zero-order chi connectivity index (χ0) is 35.3. The maximum atomic E-state index is 13.7. The van der Waals surface area contributed by atoms with Crippen molar-refractivity contribution in [2.75, 3.05) is 43.1 Å². The van der Waals surface area contributed by atoms with Gasteiger partial charge in [-0.15, -0.1) is 0 Å². The molecule has 1 N–H and O–H groups in total. The third kappa shape index (κ3) is 10.5. The van der Waals surface area contributed by atoms with Gasteiger partial charge in [-0.25, -0.2) is 4.98 Å². The van der Waals surface area contributed by atoms with Crippen LogP contribution in [0.2, 0.25) is 0 Å². The van der Waals surface area contributed by atoms with Crippen molar-refractivity contribution in [3.8, 4) is 16.9 Å². The lowest BCUT2D eigenvalue weighted by Crippen LogP contribution is -2.30. The first-order valence-electron chi connectivity index (χ1n) is 18.0. The molecule has 9 heteroatoms. The number of benzene rings is 3. The molecular weight excluding hydrogens is 645 g/mol. The summed E-state index contributed by atoms with van der Waals surface area (Å²) < 4.78 is 26.7. The number of carbonyl (C=O) groups is 1. The molecule has 0 fully saturated rings. The number of fused-ring (bicyclic) bond motifs is 1. The van der Waals surface area contributed by atoms with Crippen molar-refractivity contribution in [1.29, 1.82) is 0 Å². The molecule has 3 aromatic carbocycles. The summed E-state index contributed by atoms with van der Waals surface area (Å²) in [6.45, 7) is 13.3. The Bertz CT molecular complexity index is 1680. The highest BCUT2D eigenvalue weighted by atomic mass is 32.2. The molecule has 2 heterocycles. The van der Waals surface area contributed by atoms with Crippen LogP contribution >= 0.6 is 0 Å². The monoisotopic (exact) mass is 696 g/mol. The van der Waals surface area contributed by atoms with Crippen LogP contribution in [-0.4, -0.2) is 52.9 Å². The number of rotatable bonds is 17. The number of anilines is 2. The number of aryl methyl sites for hydroxylation is 1. The van der Waals surface area contributed by atoms with Crippen LogP contribution in [0.3, 0.4) is 0 Å². The Morgan fingerprint density at radius 3 is 2.50 bits per heavy atom. The zero-order valence-electron chi connectivity index (χ0n) is 30.0. The first-order valence-corrected chi connectivity index (χ1v) is 19.4. The van der Waals surface area contributed by atoms with E-state index in [0.717, 1.165) is 96.2 Å². The lowest BCUT2D eigenvalue weighted by Gasteiger charge is -2.30. The number of nitrogens with zero attached hydrogens (tertiary/aromatic N) is 3. The number of hydrogen-bond donors (Lipinski definition) is 1. The van der Waals surface area contributed by atoms with Crippen LogP contribution in [0.15, 0.2) is 89.7 Å². The summed E-state index contributed by atoms with van der Waals surface area (Å²) in [5.41, 5.74) is 6.73. The molecule has 5 rings (SSSR count). The van der Waals surface area contributed by atoms with E-state index in [1.54, 1.807) is 12.5 Å². The van der Waals surface area contributed by atoms with Crippen LogP contribution in [0, 0.1) is 5.92 Å². The quantitative estimate of drug-likeness (QED) is 0.0877. The van der Waals surface area contributed by atoms with Crippen LogP contribution in [0.1, 0.15) is 71.1 Å². The summed E-state index contributed by atoms with van der Waals surface area (Å²) in [5.74, 6) is 1.62. The van der Waals surface area contributed by atoms with Gasteiger partial charge in [0.05, 0.1) is 24.8 Å². The number of aromatic nitrogens is 2. The van der Waals surface area contributed by atoms with Gasteiger partial charge in [0.2, 0.25) is 0 Å². The van der Waals surface area contributed by atoms with Crippen LogP contribution in [0.4, 0.5) is 11.4 Å². The molecule has 0 bridgehead atoms. The lowest BCUT2D eigenvalue weighted by atomic mass is 9.96. The number of imidazole rings is 1. The summed E-state index contributed by atoms with van der Waals surface area (Å²) in [5, 5.41) is 3.10. The number of hydrogen-bond acceptors (Lipinski definition) is 6. The van der Waals surface area contributed by atoms with E-state index >= 15 is 0 Å². The fourth-order valence-corrected chi connectivity index (χ4v) is 7.24. The van der Waals surface area contributed by atoms with Crippen LogP contribution < -0.4 is 15.0 Å². The van der Waals surface area contributed by atoms with Crippen molar-refractivity contribution in [1.82, 2.24) is 9.55 Å². The standard InChI is InChI=1S/C41H52N4O4S/c1-5-7-22-48-23-24-49-38-15-10-32(11-16-38)33-12-19-40-35(25-33)26-34(9-8-21-44(40)28-31(3)4)41(46)43-36-13-17-39(18-14-36)50(47)29-37-27-42-30-45(37)20-6-2/h10-19,25-27,30-31H,5-9,20-24,28-29H2,1-4H3,(H,43,46)/b34-26+. The summed E-state index contributed by atoms with van der Waals surface area (Å²) >= 11 is -1.21. The highest BCUT2D eigenvalue weighted by Crippen LogP contribution is 2.33. The Morgan fingerprint density at radius 2 is 1.76 bits per heavy atom. The second-order valence-corrected chi connectivity index (χ2v) is 14.7. The molecular formula is C41H52N4O4S. The van der Waals surface area contributed by atoms with Crippen molar-refractivity contribution in [2.24, 2.45) is 5.92 Å². The van der Waals surface area contributed by atoms with Crippen LogP contribution in [0.25, 0.3) is 17.2 Å². The molecule has 0 saturated heterocycles. The minimum atomic E-state index is -1.21. The summed E-state index contributed by atoms with van der Waals surface area (Å²) in [4.78, 5) is 21.1. The average molecular weight is 697 g/mol. The second kappa shape index (κ2) is 18.8. The lowest BCUT2D eigenvalue weighted by molar-refractivity contribution is -0.112. The first kappa shape index (κ1) is 37.2. The summed E-state index contributed by atoms with van der Waals surface area (Å²) in [6, 6.07) is 22.1. The van der Waals surface area contributed by atoms with Crippen molar-refractivity contribution < 1.29 is 18.8 Å². The highest BCUT2D eigenvalue weighted by molar-refractivity contribution is 7.90.